The Kier molecular flexibility index (Phi) is 6.14. The lowest BCUT2D eigenvalue weighted by Crippen LogP contribution is -2.42. The van der Waals surface area contributed by atoms with Gasteiger partial charge in [0.2, 0.25) is 0 Å². The van der Waals surface area contributed by atoms with Crippen molar-refractivity contribution in [3.63, 3.8) is 0 Å². The van der Waals surface area contributed by atoms with E-state index in [9.17, 15) is 4.79 Å². The van der Waals surface area contributed by atoms with E-state index >= 15 is 0 Å². The first-order chi connectivity index (χ1) is 10.1. The molecular weight excluding hydrogens is 292 g/mol. The van der Waals surface area contributed by atoms with E-state index < -0.39 is 8.32 Å². The molecule has 0 heterocycles. The zero-order valence-electron chi connectivity index (χ0n) is 14.6. The number of hydrogen-bond donors (Lipinski definition) is 0. The number of ether oxygens (including phenoxy) is 1. The van der Waals surface area contributed by atoms with Crippen molar-refractivity contribution in [1.82, 2.24) is 0 Å². The number of carbonyl (C=O) groups excluding carboxylic acids is 1. The number of rotatable bonds is 6. The first-order valence-corrected chi connectivity index (χ1v) is 10.5. The van der Waals surface area contributed by atoms with Crippen molar-refractivity contribution in [2.24, 2.45) is 0 Å². The molecule has 0 radical (unpaired) electrons. The lowest BCUT2D eigenvalue weighted by Gasteiger charge is -2.37. The summed E-state index contributed by atoms with van der Waals surface area (Å²) < 4.78 is 11.1. The molecule has 0 unspecified atom stereocenters. The summed E-state index contributed by atoms with van der Waals surface area (Å²) in [5.41, 5.74) is 1.46. The average Bonchev–Trinajstić information content (AvgIpc) is 2.46. The van der Waals surface area contributed by atoms with E-state index in [0.717, 1.165) is 5.56 Å². The van der Waals surface area contributed by atoms with Crippen LogP contribution in [0, 0.1) is 0 Å². The lowest BCUT2D eigenvalue weighted by molar-refractivity contribution is -0.136. The van der Waals surface area contributed by atoms with E-state index in [1.54, 1.807) is 0 Å². The molecule has 4 heteroatoms. The minimum absolute atomic E-state index is 0.126. The molecule has 0 spiro atoms. The van der Waals surface area contributed by atoms with Crippen LogP contribution < -0.4 is 0 Å². The molecule has 0 N–H and O–H groups in total. The Bertz CT molecular complexity index is 515. The highest BCUT2D eigenvalue weighted by Gasteiger charge is 2.38. The minimum atomic E-state index is -1.88. The zero-order chi connectivity index (χ0) is 17.0. The van der Waals surface area contributed by atoms with E-state index in [0.29, 0.717) is 12.2 Å². The first-order valence-electron chi connectivity index (χ1n) is 7.56. The molecule has 0 saturated heterocycles. The topological polar surface area (TPSA) is 35.5 Å². The van der Waals surface area contributed by atoms with Crippen LogP contribution in [0.1, 0.15) is 32.3 Å². The molecule has 0 aliphatic rings. The largest absolute Gasteiger partial charge is 0.466 e. The Labute approximate surface area is 135 Å². The number of hydrogen-bond acceptors (Lipinski definition) is 3. The third-order valence-corrected chi connectivity index (χ3v) is 8.99. The maximum absolute atomic E-state index is 11.9. The van der Waals surface area contributed by atoms with Gasteiger partial charge in [0.1, 0.15) is 0 Å². The van der Waals surface area contributed by atoms with Gasteiger partial charge in [0, 0.05) is 18.1 Å². The van der Waals surface area contributed by atoms with E-state index in [2.05, 4.69) is 40.4 Å². The Hall–Kier alpha value is -1.39. The highest BCUT2D eigenvalue weighted by Crippen LogP contribution is 2.38. The van der Waals surface area contributed by atoms with Crippen molar-refractivity contribution in [3.8, 4) is 0 Å². The molecule has 1 aromatic carbocycles. The molecule has 0 fully saturated rings. The van der Waals surface area contributed by atoms with Gasteiger partial charge in [-0.2, -0.15) is 0 Å². The SMILES string of the molecule is C=C(C(=O)OC)[C@H](CO[Si](C)(C)C(C)(C)C)c1ccccc1. The smallest absolute Gasteiger partial charge is 0.333 e. The van der Waals surface area contributed by atoms with Gasteiger partial charge in [0.25, 0.3) is 0 Å². The summed E-state index contributed by atoms with van der Waals surface area (Å²) in [5.74, 6) is -0.560. The van der Waals surface area contributed by atoms with Crippen LogP contribution in [0.3, 0.4) is 0 Å². The van der Waals surface area contributed by atoms with Crippen molar-refractivity contribution >= 4 is 14.3 Å². The Balaban J connectivity index is 2.98. The van der Waals surface area contributed by atoms with E-state index in [-0.39, 0.29) is 16.9 Å². The fourth-order valence-corrected chi connectivity index (χ4v) is 2.88. The van der Waals surface area contributed by atoms with Crippen LogP contribution in [0.5, 0.6) is 0 Å². The summed E-state index contributed by atoms with van der Waals surface area (Å²) >= 11 is 0. The fourth-order valence-electron chi connectivity index (χ4n) is 1.86. The van der Waals surface area contributed by atoms with Crippen LogP contribution in [0.4, 0.5) is 0 Å². The van der Waals surface area contributed by atoms with E-state index in [4.69, 9.17) is 9.16 Å². The van der Waals surface area contributed by atoms with Crippen molar-refractivity contribution in [1.29, 1.82) is 0 Å². The Morgan fingerprint density at radius 1 is 1.23 bits per heavy atom. The minimum Gasteiger partial charge on any atom is -0.466 e. The normalized spacial score (nSPS) is 13.5. The predicted octanol–water partition coefficient (Wildman–Crippen LogP) is 4.52. The first kappa shape index (κ1) is 18.7. The van der Waals surface area contributed by atoms with Crippen LogP contribution >= 0.6 is 0 Å². The van der Waals surface area contributed by atoms with Crippen LogP contribution in [0.15, 0.2) is 42.5 Å². The summed E-state index contributed by atoms with van der Waals surface area (Å²) in [6.45, 7) is 15.4. The molecular formula is C18H28O3Si. The molecule has 1 rings (SSSR count). The maximum Gasteiger partial charge on any atom is 0.333 e. The van der Waals surface area contributed by atoms with Crippen molar-refractivity contribution in [2.45, 2.75) is 44.8 Å². The second-order valence-corrected chi connectivity index (χ2v) is 11.9. The van der Waals surface area contributed by atoms with Gasteiger partial charge in [-0.15, -0.1) is 0 Å². The van der Waals surface area contributed by atoms with Gasteiger partial charge in [-0.3, -0.25) is 0 Å². The van der Waals surface area contributed by atoms with Gasteiger partial charge in [0.15, 0.2) is 8.32 Å². The second-order valence-electron chi connectivity index (χ2n) is 7.05. The molecule has 3 nitrogen and oxygen atoms in total. The molecule has 0 saturated carbocycles. The Morgan fingerprint density at radius 3 is 2.23 bits per heavy atom. The molecule has 0 aromatic heterocycles. The average molecular weight is 321 g/mol. The predicted molar refractivity (Wildman–Crippen MR) is 93.5 cm³/mol. The zero-order valence-corrected chi connectivity index (χ0v) is 15.6. The van der Waals surface area contributed by atoms with Gasteiger partial charge in [-0.1, -0.05) is 57.7 Å². The number of esters is 1. The molecule has 0 bridgehead atoms. The summed E-state index contributed by atoms with van der Waals surface area (Å²) in [4.78, 5) is 11.9. The van der Waals surface area contributed by atoms with Gasteiger partial charge in [0.05, 0.1) is 7.11 Å². The van der Waals surface area contributed by atoms with Gasteiger partial charge < -0.3 is 9.16 Å². The lowest BCUT2D eigenvalue weighted by atomic mass is 9.93. The molecule has 22 heavy (non-hydrogen) atoms. The molecule has 1 aromatic rings. The number of benzene rings is 1. The highest BCUT2D eigenvalue weighted by molar-refractivity contribution is 6.74. The highest BCUT2D eigenvalue weighted by atomic mass is 28.4. The third kappa shape index (κ3) is 4.55. The van der Waals surface area contributed by atoms with E-state index in [1.807, 2.05) is 30.3 Å². The second kappa shape index (κ2) is 7.25. The number of carbonyl (C=O) groups is 1. The van der Waals surface area contributed by atoms with Crippen LogP contribution in [-0.2, 0) is 14.0 Å². The monoisotopic (exact) mass is 320 g/mol. The van der Waals surface area contributed by atoms with E-state index in [1.165, 1.54) is 7.11 Å². The van der Waals surface area contributed by atoms with Crippen molar-refractivity contribution in [3.05, 3.63) is 48.0 Å². The molecule has 1 atom stereocenters. The standard InChI is InChI=1S/C18H28O3Si/c1-14(17(19)20-5)16(15-11-9-8-10-12-15)13-21-22(6,7)18(2,3)4/h8-12,16H,1,13H2,2-7H3/t16-/m0/s1. The third-order valence-electron chi connectivity index (χ3n) is 4.49. The maximum atomic E-state index is 11.9. The summed E-state index contributed by atoms with van der Waals surface area (Å²) in [6, 6.07) is 9.86. The summed E-state index contributed by atoms with van der Waals surface area (Å²) in [7, 11) is -0.505. The molecule has 0 amide bonds. The Morgan fingerprint density at radius 2 is 1.77 bits per heavy atom. The van der Waals surface area contributed by atoms with Crippen molar-refractivity contribution in [2.75, 3.05) is 13.7 Å². The molecule has 0 aliphatic heterocycles. The molecule has 122 valence electrons. The fraction of sp³-hybridized carbons (Fsp3) is 0.500. The summed E-state index contributed by atoms with van der Waals surface area (Å²) in [5, 5.41) is 0.126. The van der Waals surface area contributed by atoms with Gasteiger partial charge >= 0.3 is 5.97 Å². The molecule has 0 aliphatic carbocycles. The van der Waals surface area contributed by atoms with Crippen LogP contribution in [0.2, 0.25) is 18.1 Å². The number of methoxy groups -OCH3 is 1. The van der Waals surface area contributed by atoms with Crippen molar-refractivity contribution < 1.29 is 14.0 Å². The summed E-state index contributed by atoms with van der Waals surface area (Å²) in [6.07, 6.45) is 0. The van der Waals surface area contributed by atoms with Gasteiger partial charge in [-0.25, -0.2) is 4.79 Å². The quantitative estimate of drug-likeness (QED) is 0.439. The van der Waals surface area contributed by atoms with Crippen LogP contribution in [-0.4, -0.2) is 28.0 Å². The van der Waals surface area contributed by atoms with Gasteiger partial charge in [-0.05, 0) is 23.7 Å². The van der Waals surface area contributed by atoms with Crippen LogP contribution in [0.25, 0.3) is 0 Å².